The molecule has 2 N–H and O–H groups in total. The van der Waals surface area contributed by atoms with Crippen molar-refractivity contribution in [1.29, 1.82) is 0 Å². The van der Waals surface area contributed by atoms with Gasteiger partial charge in [0.05, 0.1) is 6.17 Å². The summed E-state index contributed by atoms with van der Waals surface area (Å²) in [6.07, 6.45) is 4.41. The first-order chi connectivity index (χ1) is 6.67. The van der Waals surface area contributed by atoms with E-state index in [4.69, 9.17) is 0 Å². The third-order valence-electron chi connectivity index (χ3n) is 2.33. The van der Waals surface area contributed by atoms with Gasteiger partial charge in [-0.05, 0) is 25.3 Å². The molecule has 0 aliphatic carbocycles. The second-order valence-electron chi connectivity index (χ2n) is 3.35. The average molecular weight is 235 g/mol. The molecule has 15 heavy (non-hydrogen) atoms. The smallest absolute Gasteiger partial charge is 0.244 e. The topological polar surface area (TPSA) is 41.1 Å². The molecule has 0 spiro atoms. The molecule has 1 amide bonds. The zero-order valence-electron chi connectivity index (χ0n) is 9.88. The van der Waals surface area contributed by atoms with Crippen LogP contribution in [0.25, 0.3) is 0 Å². The van der Waals surface area contributed by atoms with Crippen molar-refractivity contribution in [2.75, 3.05) is 0 Å². The first kappa shape index (κ1) is 16.9. The van der Waals surface area contributed by atoms with Gasteiger partial charge in [-0.25, -0.2) is 0 Å². The van der Waals surface area contributed by atoms with E-state index in [2.05, 4.69) is 31.1 Å². The molecule has 0 rings (SSSR count). The lowest BCUT2D eigenvalue weighted by molar-refractivity contribution is -0.117. The molecule has 0 fully saturated rings. The number of carbonyl (C=O) groups is 1. The van der Waals surface area contributed by atoms with Gasteiger partial charge in [-0.15, -0.1) is 12.4 Å². The lowest BCUT2D eigenvalue weighted by Gasteiger charge is -2.23. The van der Waals surface area contributed by atoms with Gasteiger partial charge in [0, 0.05) is 6.04 Å². The average Bonchev–Trinajstić information content (AvgIpc) is 2.23. The maximum Gasteiger partial charge on any atom is 0.244 e. The number of amides is 1. The predicted molar refractivity (Wildman–Crippen MR) is 67.2 cm³/mol. The lowest BCUT2D eigenvalue weighted by atomic mass is 10.1. The number of halogens is 1. The molecular weight excluding hydrogens is 212 g/mol. The van der Waals surface area contributed by atoms with Crippen LogP contribution in [-0.2, 0) is 4.79 Å². The fourth-order valence-corrected chi connectivity index (χ4v) is 1.30. The number of hydrogen-bond donors (Lipinski definition) is 2. The Kier molecular flexibility index (Phi) is 11.2. The van der Waals surface area contributed by atoms with E-state index >= 15 is 0 Å². The molecule has 1 unspecified atom stereocenters. The Morgan fingerprint density at radius 2 is 1.80 bits per heavy atom. The molecule has 1 atom stereocenters. The summed E-state index contributed by atoms with van der Waals surface area (Å²) >= 11 is 0. The van der Waals surface area contributed by atoms with Crippen LogP contribution < -0.4 is 10.6 Å². The normalized spacial score (nSPS) is 11.7. The summed E-state index contributed by atoms with van der Waals surface area (Å²) in [6, 6.07) is 0.477. The molecule has 4 heteroatoms. The minimum atomic E-state index is -0.115. The Bertz CT molecular complexity index is 181. The van der Waals surface area contributed by atoms with Crippen molar-refractivity contribution in [3.63, 3.8) is 0 Å². The van der Waals surface area contributed by atoms with Crippen molar-refractivity contribution in [2.45, 2.75) is 52.2 Å². The van der Waals surface area contributed by atoms with Crippen LogP contribution in [0.4, 0.5) is 0 Å². The van der Waals surface area contributed by atoms with Crippen LogP contribution in [-0.4, -0.2) is 18.1 Å². The molecule has 0 aromatic rings. The Balaban J connectivity index is 0. The number of carbonyl (C=O) groups excluding carboxylic acids is 1. The van der Waals surface area contributed by atoms with Gasteiger partial charge in [-0.2, -0.15) is 0 Å². The van der Waals surface area contributed by atoms with Gasteiger partial charge in [0.25, 0.3) is 0 Å². The van der Waals surface area contributed by atoms with Crippen molar-refractivity contribution >= 4 is 18.3 Å². The molecule has 0 aromatic carbocycles. The third kappa shape index (κ3) is 7.40. The van der Waals surface area contributed by atoms with Crippen molar-refractivity contribution < 1.29 is 4.79 Å². The molecule has 0 bridgehead atoms. The van der Waals surface area contributed by atoms with E-state index in [1.165, 1.54) is 6.08 Å². The highest BCUT2D eigenvalue weighted by atomic mass is 35.5. The van der Waals surface area contributed by atoms with Crippen LogP contribution in [0.3, 0.4) is 0 Å². The number of hydrogen-bond acceptors (Lipinski definition) is 2. The van der Waals surface area contributed by atoms with Gasteiger partial charge in [0.15, 0.2) is 0 Å². The molecular formula is C11H23ClN2O. The minimum Gasteiger partial charge on any atom is -0.337 e. The first-order valence-corrected chi connectivity index (χ1v) is 5.36. The zero-order valence-corrected chi connectivity index (χ0v) is 10.7. The molecule has 0 aliphatic rings. The van der Waals surface area contributed by atoms with Crippen molar-refractivity contribution in [3.8, 4) is 0 Å². The largest absolute Gasteiger partial charge is 0.337 e. The van der Waals surface area contributed by atoms with E-state index in [0.29, 0.717) is 6.04 Å². The van der Waals surface area contributed by atoms with E-state index in [9.17, 15) is 4.79 Å². The minimum absolute atomic E-state index is 0. The van der Waals surface area contributed by atoms with E-state index in [-0.39, 0.29) is 24.5 Å². The first-order valence-electron chi connectivity index (χ1n) is 5.36. The SMILES string of the molecule is C=CC(=O)NC(CC)NC(CC)CC.Cl. The highest BCUT2D eigenvalue weighted by Crippen LogP contribution is 1.99. The standard InChI is InChI=1S/C11H22N2O.ClH/c1-5-9(6-2)12-10(7-3)13-11(14)8-4;/h8-10,12H,4-7H2,1-3H3,(H,13,14);1H. The van der Waals surface area contributed by atoms with Crippen LogP contribution >= 0.6 is 12.4 Å². The molecule has 0 radical (unpaired) electrons. The number of rotatable bonds is 7. The quantitative estimate of drug-likeness (QED) is 0.524. The van der Waals surface area contributed by atoms with Crippen molar-refractivity contribution in [3.05, 3.63) is 12.7 Å². The molecule has 3 nitrogen and oxygen atoms in total. The van der Waals surface area contributed by atoms with Crippen LogP contribution in [0.5, 0.6) is 0 Å². The van der Waals surface area contributed by atoms with Gasteiger partial charge in [-0.3, -0.25) is 10.1 Å². The summed E-state index contributed by atoms with van der Waals surface area (Å²) in [7, 11) is 0. The number of nitrogens with one attached hydrogen (secondary N) is 2. The molecule has 0 saturated heterocycles. The van der Waals surface area contributed by atoms with Gasteiger partial charge in [0.2, 0.25) is 5.91 Å². The highest BCUT2D eigenvalue weighted by Gasteiger charge is 2.11. The summed E-state index contributed by atoms with van der Waals surface area (Å²) in [4.78, 5) is 11.1. The van der Waals surface area contributed by atoms with Gasteiger partial charge < -0.3 is 5.32 Å². The van der Waals surface area contributed by atoms with Gasteiger partial charge in [0.1, 0.15) is 0 Å². The Hall–Kier alpha value is -0.540. The summed E-state index contributed by atoms with van der Waals surface area (Å²) in [5.74, 6) is -0.115. The maximum atomic E-state index is 11.1. The van der Waals surface area contributed by atoms with E-state index in [0.717, 1.165) is 19.3 Å². The summed E-state index contributed by atoms with van der Waals surface area (Å²) in [6.45, 7) is 9.76. The van der Waals surface area contributed by atoms with E-state index < -0.39 is 0 Å². The van der Waals surface area contributed by atoms with Crippen LogP contribution in [0.1, 0.15) is 40.0 Å². The second-order valence-corrected chi connectivity index (χ2v) is 3.35. The molecule has 0 aromatic heterocycles. The fourth-order valence-electron chi connectivity index (χ4n) is 1.30. The summed E-state index contributed by atoms with van der Waals surface area (Å²) < 4.78 is 0. The molecule has 0 heterocycles. The van der Waals surface area contributed by atoms with Gasteiger partial charge >= 0.3 is 0 Å². The monoisotopic (exact) mass is 234 g/mol. The van der Waals surface area contributed by atoms with Crippen molar-refractivity contribution in [2.24, 2.45) is 0 Å². The zero-order chi connectivity index (χ0) is 11.0. The van der Waals surface area contributed by atoms with Crippen molar-refractivity contribution in [1.82, 2.24) is 10.6 Å². The maximum absolute atomic E-state index is 11.1. The summed E-state index contributed by atoms with van der Waals surface area (Å²) in [5, 5.41) is 6.24. The molecule has 0 saturated carbocycles. The van der Waals surface area contributed by atoms with Crippen LogP contribution in [0.15, 0.2) is 12.7 Å². The van der Waals surface area contributed by atoms with E-state index in [1.807, 2.05) is 6.92 Å². The second kappa shape index (κ2) is 9.99. The summed E-state index contributed by atoms with van der Waals surface area (Å²) in [5.41, 5.74) is 0. The Labute approximate surface area is 99.1 Å². The van der Waals surface area contributed by atoms with Crippen LogP contribution in [0, 0.1) is 0 Å². The highest BCUT2D eigenvalue weighted by molar-refractivity contribution is 5.87. The molecule has 90 valence electrons. The predicted octanol–water partition coefficient (Wildman–Crippen LogP) is 2.22. The lowest BCUT2D eigenvalue weighted by Crippen LogP contribution is -2.48. The third-order valence-corrected chi connectivity index (χ3v) is 2.33. The van der Waals surface area contributed by atoms with E-state index in [1.54, 1.807) is 0 Å². The van der Waals surface area contributed by atoms with Gasteiger partial charge in [-0.1, -0.05) is 27.4 Å². The Morgan fingerprint density at radius 3 is 2.13 bits per heavy atom. The Morgan fingerprint density at radius 1 is 1.27 bits per heavy atom. The molecule has 0 aliphatic heterocycles. The fraction of sp³-hybridized carbons (Fsp3) is 0.727. The van der Waals surface area contributed by atoms with Crippen LogP contribution in [0.2, 0.25) is 0 Å².